The van der Waals surface area contributed by atoms with Crippen molar-refractivity contribution in [2.75, 3.05) is 5.32 Å². The molecule has 0 aliphatic rings. The number of thiocarbonyl (C=S) groups is 1. The number of hydrogen-bond acceptors (Lipinski definition) is 2. The maximum Gasteiger partial charge on any atom is 0.252 e. The summed E-state index contributed by atoms with van der Waals surface area (Å²) in [5.41, 5.74) is 3.37. The van der Waals surface area contributed by atoms with E-state index in [0.717, 1.165) is 16.8 Å². The molecule has 0 heterocycles. The van der Waals surface area contributed by atoms with Crippen LogP contribution in [0.3, 0.4) is 0 Å². The van der Waals surface area contributed by atoms with Crippen LogP contribution in [0.4, 0.5) is 5.69 Å². The first-order valence-corrected chi connectivity index (χ1v) is 9.28. The maximum atomic E-state index is 12.3. The zero-order valence-corrected chi connectivity index (χ0v) is 17.2. The number of aryl methyl sites for hydroxylation is 2. The minimum Gasteiger partial charge on any atom is -0.339 e. The number of carbonyl (C=O) groups is 1. The van der Waals surface area contributed by atoms with E-state index in [1.165, 1.54) is 0 Å². The lowest BCUT2D eigenvalue weighted by Gasteiger charge is -2.28. The van der Waals surface area contributed by atoms with E-state index in [-0.39, 0.29) is 11.0 Å². The maximum absolute atomic E-state index is 12.3. The first kappa shape index (κ1) is 20.8. The predicted molar refractivity (Wildman–Crippen MR) is 113 cm³/mol. The van der Waals surface area contributed by atoms with Crippen LogP contribution in [-0.4, -0.2) is 21.0 Å². The van der Waals surface area contributed by atoms with Crippen LogP contribution in [0.2, 0.25) is 0 Å². The molecule has 3 N–H and O–H groups in total. The predicted octanol–water partition coefficient (Wildman–Crippen LogP) is 4.72. The van der Waals surface area contributed by atoms with Gasteiger partial charge in [-0.15, -0.1) is 0 Å². The molecule has 0 spiro atoms. The largest absolute Gasteiger partial charge is 0.339 e. The fraction of sp³-hybridized carbons (Fsp3) is 0.222. The van der Waals surface area contributed by atoms with Gasteiger partial charge in [-0.05, 0) is 55.4 Å². The van der Waals surface area contributed by atoms with Gasteiger partial charge in [-0.1, -0.05) is 65.1 Å². The van der Waals surface area contributed by atoms with Crippen LogP contribution in [0.1, 0.15) is 21.5 Å². The van der Waals surface area contributed by atoms with Crippen LogP contribution in [0, 0.1) is 13.8 Å². The molecule has 138 valence electrons. The molecule has 0 aliphatic heterocycles. The molecule has 2 aromatic carbocycles. The SMILES string of the molecule is Cc1ccc(C)c(NC(=S)N[C@@H](NC(=O)c2ccccc2)C(Cl)(Cl)Cl)c1. The summed E-state index contributed by atoms with van der Waals surface area (Å²) in [6.45, 7) is 3.93. The van der Waals surface area contributed by atoms with Gasteiger partial charge in [-0.25, -0.2) is 0 Å². The quantitative estimate of drug-likeness (QED) is 0.373. The normalized spacial score (nSPS) is 12.2. The molecule has 1 amide bonds. The third kappa shape index (κ3) is 6.02. The molecule has 0 aromatic heterocycles. The van der Waals surface area contributed by atoms with Crippen LogP contribution in [0.5, 0.6) is 0 Å². The molecule has 0 saturated carbocycles. The van der Waals surface area contributed by atoms with E-state index >= 15 is 0 Å². The topological polar surface area (TPSA) is 53.2 Å². The fourth-order valence-corrected chi connectivity index (χ4v) is 2.72. The highest BCUT2D eigenvalue weighted by atomic mass is 35.6. The molecule has 0 aliphatic carbocycles. The highest BCUT2D eigenvalue weighted by Crippen LogP contribution is 2.29. The Bertz CT molecular complexity index is 794. The second-order valence-corrected chi connectivity index (χ2v) is 8.51. The van der Waals surface area contributed by atoms with Crippen molar-refractivity contribution in [2.45, 2.75) is 23.8 Å². The highest BCUT2D eigenvalue weighted by molar-refractivity contribution is 7.80. The first-order valence-electron chi connectivity index (χ1n) is 7.74. The number of nitrogens with one attached hydrogen (secondary N) is 3. The van der Waals surface area contributed by atoms with E-state index < -0.39 is 9.96 Å². The summed E-state index contributed by atoms with van der Waals surface area (Å²) in [4.78, 5) is 12.3. The standard InChI is InChI=1S/C18H18Cl3N3OS/c1-11-8-9-12(2)14(10-11)22-17(26)24-16(18(19,20)21)23-15(25)13-6-4-3-5-7-13/h3-10,16H,1-2H3,(H,23,25)(H2,22,24,26)/t16-/m1/s1. The molecular formula is C18H18Cl3N3OS. The minimum absolute atomic E-state index is 0.225. The average molecular weight is 431 g/mol. The summed E-state index contributed by atoms with van der Waals surface area (Å²) in [5.74, 6) is -0.385. The van der Waals surface area contributed by atoms with Crippen molar-refractivity contribution in [3.05, 3.63) is 65.2 Å². The summed E-state index contributed by atoms with van der Waals surface area (Å²) >= 11 is 23.3. The van der Waals surface area contributed by atoms with Gasteiger partial charge < -0.3 is 16.0 Å². The summed E-state index contributed by atoms with van der Waals surface area (Å²) in [5, 5.41) is 8.77. The second-order valence-electron chi connectivity index (χ2n) is 5.73. The van der Waals surface area contributed by atoms with E-state index in [2.05, 4.69) is 16.0 Å². The number of halogens is 3. The van der Waals surface area contributed by atoms with Crippen molar-refractivity contribution in [1.29, 1.82) is 0 Å². The number of benzene rings is 2. The smallest absolute Gasteiger partial charge is 0.252 e. The lowest BCUT2D eigenvalue weighted by Crippen LogP contribution is -2.56. The van der Waals surface area contributed by atoms with Crippen molar-refractivity contribution in [3.8, 4) is 0 Å². The van der Waals surface area contributed by atoms with Crippen molar-refractivity contribution < 1.29 is 4.79 Å². The van der Waals surface area contributed by atoms with Crippen molar-refractivity contribution >= 4 is 63.7 Å². The highest BCUT2D eigenvalue weighted by Gasteiger charge is 2.34. The van der Waals surface area contributed by atoms with Crippen molar-refractivity contribution in [2.24, 2.45) is 0 Å². The average Bonchev–Trinajstić information content (AvgIpc) is 2.57. The zero-order chi connectivity index (χ0) is 19.3. The van der Waals surface area contributed by atoms with Crippen LogP contribution in [0.25, 0.3) is 0 Å². The summed E-state index contributed by atoms with van der Waals surface area (Å²) < 4.78 is -1.81. The Morgan fingerprint density at radius 3 is 2.31 bits per heavy atom. The Labute approximate surface area is 173 Å². The molecule has 4 nitrogen and oxygen atoms in total. The van der Waals surface area contributed by atoms with E-state index in [1.807, 2.05) is 38.1 Å². The van der Waals surface area contributed by atoms with Gasteiger partial charge in [0.25, 0.3) is 5.91 Å². The molecule has 0 unspecified atom stereocenters. The Morgan fingerprint density at radius 1 is 1.04 bits per heavy atom. The van der Waals surface area contributed by atoms with Crippen molar-refractivity contribution in [1.82, 2.24) is 10.6 Å². The molecule has 0 saturated heterocycles. The number of anilines is 1. The van der Waals surface area contributed by atoms with E-state index in [4.69, 9.17) is 47.0 Å². The zero-order valence-electron chi connectivity index (χ0n) is 14.1. The van der Waals surface area contributed by atoms with Crippen LogP contribution in [0.15, 0.2) is 48.5 Å². The van der Waals surface area contributed by atoms with Gasteiger partial charge in [-0.3, -0.25) is 4.79 Å². The van der Waals surface area contributed by atoms with E-state index in [9.17, 15) is 4.79 Å². The van der Waals surface area contributed by atoms with Gasteiger partial charge in [-0.2, -0.15) is 0 Å². The molecule has 0 bridgehead atoms. The first-order chi connectivity index (χ1) is 12.2. The second kappa shape index (κ2) is 8.91. The molecule has 1 atom stereocenters. The number of carbonyl (C=O) groups excluding carboxylic acids is 1. The third-order valence-electron chi connectivity index (χ3n) is 3.56. The fourth-order valence-electron chi connectivity index (χ4n) is 2.16. The molecular weight excluding hydrogens is 413 g/mol. The Kier molecular flexibility index (Phi) is 7.12. The molecule has 26 heavy (non-hydrogen) atoms. The van der Waals surface area contributed by atoms with Crippen LogP contribution >= 0.6 is 47.0 Å². The van der Waals surface area contributed by atoms with E-state index in [1.54, 1.807) is 24.3 Å². The van der Waals surface area contributed by atoms with Gasteiger partial charge in [0, 0.05) is 11.3 Å². The lowest BCUT2D eigenvalue weighted by molar-refractivity contribution is 0.0934. The summed E-state index contributed by atoms with van der Waals surface area (Å²) in [6, 6.07) is 14.6. The van der Waals surface area contributed by atoms with Crippen LogP contribution in [-0.2, 0) is 0 Å². The van der Waals surface area contributed by atoms with Gasteiger partial charge in [0.2, 0.25) is 3.79 Å². The Balaban J connectivity index is 2.09. The Hall–Kier alpha value is -1.53. The number of amides is 1. The van der Waals surface area contributed by atoms with Gasteiger partial charge in [0.05, 0.1) is 0 Å². The number of alkyl halides is 3. The number of rotatable bonds is 4. The van der Waals surface area contributed by atoms with Gasteiger partial charge >= 0.3 is 0 Å². The van der Waals surface area contributed by atoms with E-state index in [0.29, 0.717) is 5.56 Å². The monoisotopic (exact) mass is 429 g/mol. The summed E-state index contributed by atoms with van der Waals surface area (Å²) in [7, 11) is 0. The van der Waals surface area contributed by atoms with Gasteiger partial charge in [0.1, 0.15) is 6.17 Å². The molecule has 8 heteroatoms. The van der Waals surface area contributed by atoms with Gasteiger partial charge in [0.15, 0.2) is 5.11 Å². The van der Waals surface area contributed by atoms with Crippen LogP contribution < -0.4 is 16.0 Å². The third-order valence-corrected chi connectivity index (χ3v) is 4.43. The molecule has 0 radical (unpaired) electrons. The molecule has 0 fully saturated rings. The van der Waals surface area contributed by atoms with Crippen molar-refractivity contribution in [3.63, 3.8) is 0 Å². The summed E-state index contributed by atoms with van der Waals surface area (Å²) in [6.07, 6.45) is -1.02. The Morgan fingerprint density at radius 2 is 1.69 bits per heavy atom. The number of hydrogen-bond donors (Lipinski definition) is 3. The molecule has 2 aromatic rings. The minimum atomic E-state index is -1.81. The molecule has 2 rings (SSSR count). The lowest BCUT2D eigenvalue weighted by atomic mass is 10.1.